The molecule has 1 atom stereocenters. The summed E-state index contributed by atoms with van der Waals surface area (Å²) in [7, 11) is 0. The van der Waals surface area contributed by atoms with E-state index in [1.54, 1.807) is 0 Å². The molecule has 1 fully saturated rings. The van der Waals surface area contributed by atoms with Crippen LogP contribution < -0.4 is 4.74 Å². The average Bonchev–Trinajstić information content (AvgIpc) is 3.16. The van der Waals surface area contributed by atoms with Crippen molar-refractivity contribution < 1.29 is 4.74 Å². The van der Waals surface area contributed by atoms with Gasteiger partial charge in [0.05, 0.1) is 6.61 Å². The molecule has 0 saturated heterocycles. The largest absolute Gasteiger partial charge is 0.478 e. The molecule has 1 saturated carbocycles. The van der Waals surface area contributed by atoms with Gasteiger partial charge in [-0.2, -0.15) is 0 Å². The maximum atomic E-state index is 5.67. The van der Waals surface area contributed by atoms with Crippen molar-refractivity contribution in [2.75, 3.05) is 11.0 Å². The van der Waals surface area contributed by atoms with Gasteiger partial charge in [-0.25, -0.2) is 4.98 Å². The first-order chi connectivity index (χ1) is 8.35. The van der Waals surface area contributed by atoms with E-state index in [9.17, 15) is 0 Å². The maximum absolute atomic E-state index is 5.67. The molecular formula is C14H20INO. The Hall–Kier alpha value is -0.320. The first-order valence-electron chi connectivity index (χ1n) is 6.50. The molecule has 3 heteroatoms. The molecule has 1 aromatic heterocycles. The Balaban J connectivity index is 1.99. The average molecular weight is 345 g/mol. The molecule has 1 aromatic rings. The number of nitrogens with zero attached hydrogens (tertiary/aromatic N) is 1. The lowest BCUT2D eigenvalue weighted by Gasteiger charge is -2.14. The fourth-order valence-electron chi connectivity index (χ4n) is 2.04. The Morgan fingerprint density at radius 1 is 1.53 bits per heavy atom. The smallest absolute Gasteiger partial charge is 0.213 e. The SMILES string of the molecule is CCCCOc1cc([C@@H](CI)C2CC2)ccn1. The summed E-state index contributed by atoms with van der Waals surface area (Å²) in [5, 5.41) is 0. The zero-order chi connectivity index (χ0) is 12.1. The van der Waals surface area contributed by atoms with E-state index in [1.807, 2.05) is 6.20 Å². The summed E-state index contributed by atoms with van der Waals surface area (Å²) in [6, 6.07) is 4.28. The molecule has 0 radical (unpaired) electrons. The van der Waals surface area contributed by atoms with Crippen molar-refractivity contribution in [2.24, 2.45) is 5.92 Å². The summed E-state index contributed by atoms with van der Waals surface area (Å²) >= 11 is 2.49. The van der Waals surface area contributed by atoms with Crippen LogP contribution in [0.25, 0.3) is 0 Å². The molecule has 0 aromatic carbocycles. The summed E-state index contributed by atoms with van der Waals surface area (Å²) in [5.74, 6) is 2.40. The van der Waals surface area contributed by atoms with Gasteiger partial charge in [-0.3, -0.25) is 0 Å². The first-order valence-corrected chi connectivity index (χ1v) is 8.02. The maximum Gasteiger partial charge on any atom is 0.213 e. The number of hydrogen-bond acceptors (Lipinski definition) is 2. The highest BCUT2D eigenvalue weighted by Gasteiger charge is 2.31. The van der Waals surface area contributed by atoms with Crippen LogP contribution in [-0.4, -0.2) is 16.0 Å². The van der Waals surface area contributed by atoms with Crippen LogP contribution in [0.3, 0.4) is 0 Å². The zero-order valence-electron chi connectivity index (χ0n) is 10.4. The van der Waals surface area contributed by atoms with Crippen molar-refractivity contribution in [3.05, 3.63) is 23.9 Å². The van der Waals surface area contributed by atoms with Gasteiger partial charge in [0.2, 0.25) is 5.88 Å². The third kappa shape index (κ3) is 3.83. The monoisotopic (exact) mass is 345 g/mol. The number of ether oxygens (including phenoxy) is 1. The molecular weight excluding hydrogens is 325 g/mol. The summed E-state index contributed by atoms with van der Waals surface area (Å²) in [6.45, 7) is 2.96. The molecule has 1 aliphatic carbocycles. The van der Waals surface area contributed by atoms with E-state index in [4.69, 9.17) is 4.74 Å². The van der Waals surface area contributed by atoms with Crippen LogP contribution in [0, 0.1) is 5.92 Å². The van der Waals surface area contributed by atoms with Gasteiger partial charge in [0.1, 0.15) is 0 Å². The molecule has 94 valence electrons. The van der Waals surface area contributed by atoms with Crippen LogP contribution in [0.4, 0.5) is 0 Å². The summed E-state index contributed by atoms with van der Waals surface area (Å²) in [6.07, 6.45) is 6.94. The van der Waals surface area contributed by atoms with E-state index in [2.05, 4.69) is 46.6 Å². The molecule has 1 heterocycles. The van der Waals surface area contributed by atoms with Gasteiger partial charge in [0, 0.05) is 16.7 Å². The molecule has 0 aliphatic heterocycles. The minimum Gasteiger partial charge on any atom is -0.478 e. The standard InChI is InChI=1S/C14H20INO/c1-2-3-8-17-14-9-12(6-7-16-14)13(10-15)11-4-5-11/h6-7,9,11,13H,2-5,8,10H2,1H3/t13-/m0/s1. The van der Waals surface area contributed by atoms with E-state index in [1.165, 1.54) is 22.8 Å². The molecule has 0 N–H and O–H groups in total. The van der Waals surface area contributed by atoms with Gasteiger partial charge < -0.3 is 4.74 Å². The summed E-state index contributed by atoms with van der Waals surface area (Å²) in [4.78, 5) is 4.28. The number of alkyl halides is 1. The van der Waals surface area contributed by atoms with Crippen LogP contribution in [0.2, 0.25) is 0 Å². The van der Waals surface area contributed by atoms with Crippen molar-refractivity contribution in [2.45, 2.75) is 38.5 Å². The van der Waals surface area contributed by atoms with Gasteiger partial charge in [-0.15, -0.1) is 0 Å². The Morgan fingerprint density at radius 3 is 3.00 bits per heavy atom. The van der Waals surface area contributed by atoms with Crippen molar-refractivity contribution in [3.8, 4) is 5.88 Å². The van der Waals surface area contributed by atoms with Gasteiger partial charge in [0.25, 0.3) is 0 Å². The van der Waals surface area contributed by atoms with E-state index in [0.29, 0.717) is 5.92 Å². The second-order valence-electron chi connectivity index (χ2n) is 4.73. The van der Waals surface area contributed by atoms with Crippen molar-refractivity contribution in [3.63, 3.8) is 0 Å². The predicted octanol–water partition coefficient (Wildman–Crippen LogP) is 4.19. The molecule has 2 rings (SSSR count). The number of halogens is 1. The minimum atomic E-state index is 0.701. The van der Waals surface area contributed by atoms with Crippen molar-refractivity contribution >= 4 is 22.6 Å². The summed E-state index contributed by atoms with van der Waals surface area (Å²) in [5.41, 5.74) is 1.41. The van der Waals surface area contributed by atoms with Crippen LogP contribution in [0.5, 0.6) is 5.88 Å². The highest BCUT2D eigenvalue weighted by Crippen LogP contribution is 2.43. The number of aromatic nitrogens is 1. The summed E-state index contributed by atoms with van der Waals surface area (Å²) < 4.78 is 6.86. The first kappa shape index (κ1) is 13.1. The molecule has 0 spiro atoms. The lowest BCUT2D eigenvalue weighted by atomic mass is 9.97. The number of pyridine rings is 1. The van der Waals surface area contributed by atoms with E-state index in [0.717, 1.165) is 31.2 Å². The Kier molecular flexibility index (Phi) is 5.07. The zero-order valence-corrected chi connectivity index (χ0v) is 12.5. The highest BCUT2D eigenvalue weighted by molar-refractivity contribution is 14.1. The van der Waals surface area contributed by atoms with E-state index >= 15 is 0 Å². The quantitative estimate of drug-likeness (QED) is 0.420. The third-order valence-corrected chi connectivity index (χ3v) is 4.24. The van der Waals surface area contributed by atoms with Crippen LogP contribution in [0.15, 0.2) is 18.3 Å². The molecule has 0 unspecified atom stereocenters. The predicted molar refractivity (Wildman–Crippen MR) is 79.0 cm³/mol. The minimum absolute atomic E-state index is 0.701. The molecule has 17 heavy (non-hydrogen) atoms. The van der Waals surface area contributed by atoms with Gasteiger partial charge in [0.15, 0.2) is 0 Å². The molecule has 0 bridgehead atoms. The second kappa shape index (κ2) is 6.57. The van der Waals surface area contributed by atoms with Crippen LogP contribution in [-0.2, 0) is 0 Å². The van der Waals surface area contributed by atoms with Crippen molar-refractivity contribution in [1.29, 1.82) is 0 Å². The fraction of sp³-hybridized carbons (Fsp3) is 0.643. The molecule has 1 aliphatic rings. The Morgan fingerprint density at radius 2 is 2.35 bits per heavy atom. The molecule has 0 amide bonds. The topological polar surface area (TPSA) is 22.1 Å². The lowest BCUT2D eigenvalue weighted by molar-refractivity contribution is 0.297. The van der Waals surface area contributed by atoms with Gasteiger partial charge in [-0.05, 0) is 42.7 Å². The number of hydrogen-bond donors (Lipinski definition) is 0. The Bertz CT molecular complexity index is 352. The molecule has 2 nitrogen and oxygen atoms in total. The number of rotatable bonds is 7. The van der Waals surface area contributed by atoms with Crippen LogP contribution in [0.1, 0.15) is 44.1 Å². The van der Waals surface area contributed by atoms with E-state index < -0.39 is 0 Å². The normalized spacial score (nSPS) is 16.8. The lowest BCUT2D eigenvalue weighted by Crippen LogP contribution is -2.04. The fourth-order valence-corrected chi connectivity index (χ4v) is 3.27. The van der Waals surface area contributed by atoms with Gasteiger partial charge >= 0.3 is 0 Å². The second-order valence-corrected chi connectivity index (χ2v) is 5.61. The number of unbranched alkanes of at least 4 members (excludes halogenated alkanes) is 1. The Labute approximate surface area is 117 Å². The van der Waals surface area contributed by atoms with E-state index in [-0.39, 0.29) is 0 Å². The third-order valence-electron chi connectivity index (χ3n) is 3.29. The van der Waals surface area contributed by atoms with Crippen LogP contribution >= 0.6 is 22.6 Å². The van der Waals surface area contributed by atoms with Gasteiger partial charge in [-0.1, -0.05) is 35.9 Å². The highest BCUT2D eigenvalue weighted by atomic mass is 127. The van der Waals surface area contributed by atoms with Crippen molar-refractivity contribution in [1.82, 2.24) is 4.98 Å².